The van der Waals surface area contributed by atoms with Crippen LogP contribution in [-0.4, -0.2) is 14.8 Å². The molecule has 0 fully saturated rings. The van der Waals surface area contributed by atoms with Crippen LogP contribution in [0.2, 0.25) is 0 Å². The molecule has 0 aromatic carbocycles. The van der Waals surface area contributed by atoms with Gasteiger partial charge in [-0.25, -0.2) is 4.98 Å². The molecular formula is C13H16BrN3S. The van der Waals surface area contributed by atoms with Gasteiger partial charge in [0.1, 0.15) is 0 Å². The maximum absolute atomic E-state index is 4.53. The van der Waals surface area contributed by atoms with Gasteiger partial charge in [0.05, 0.1) is 20.9 Å². The zero-order chi connectivity index (χ0) is 13.3. The van der Waals surface area contributed by atoms with Gasteiger partial charge in [0.2, 0.25) is 0 Å². The highest BCUT2D eigenvalue weighted by Crippen LogP contribution is 2.28. The molecule has 0 spiro atoms. The molecule has 2 aromatic heterocycles. The molecular weight excluding hydrogens is 310 g/mol. The zero-order valence-electron chi connectivity index (χ0n) is 11.0. The minimum Gasteiger partial charge on any atom is -0.270 e. The molecule has 0 bridgehead atoms. The first-order chi connectivity index (χ1) is 8.47. The first kappa shape index (κ1) is 13.6. The van der Waals surface area contributed by atoms with Gasteiger partial charge in [0.25, 0.3) is 0 Å². The predicted molar refractivity (Wildman–Crippen MR) is 78.9 cm³/mol. The summed E-state index contributed by atoms with van der Waals surface area (Å²) in [6.07, 6.45) is 0. The Morgan fingerprint density at radius 1 is 1.28 bits per heavy atom. The van der Waals surface area contributed by atoms with Crippen LogP contribution in [-0.2, 0) is 12.8 Å². The van der Waals surface area contributed by atoms with Gasteiger partial charge in [-0.1, -0.05) is 11.8 Å². The summed E-state index contributed by atoms with van der Waals surface area (Å²) >= 11 is 5.33. The number of aryl methyl sites for hydroxylation is 4. The highest BCUT2D eigenvalue weighted by molar-refractivity contribution is 9.10. The predicted octanol–water partition coefficient (Wildman–Crippen LogP) is 3.80. The standard InChI is InChI=1S/C13H16BrN3S/c1-8-5-9(2)15-12(6-8)18-7-11-13(14)10(3)16-17(11)4/h5-6H,7H2,1-4H3. The highest BCUT2D eigenvalue weighted by atomic mass is 79.9. The van der Waals surface area contributed by atoms with Gasteiger partial charge >= 0.3 is 0 Å². The Hall–Kier alpha value is -0.810. The molecule has 0 aliphatic heterocycles. The zero-order valence-corrected chi connectivity index (χ0v) is 13.4. The Bertz CT molecular complexity index is 558. The normalized spacial score (nSPS) is 10.9. The third-order valence-electron chi connectivity index (χ3n) is 2.69. The van der Waals surface area contributed by atoms with Gasteiger partial charge < -0.3 is 0 Å². The topological polar surface area (TPSA) is 30.7 Å². The minimum absolute atomic E-state index is 0.869. The molecule has 2 rings (SSSR count). The maximum Gasteiger partial charge on any atom is 0.0969 e. The van der Waals surface area contributed by atoms with E-state index in [-0.39, 0.29) is 0 Å². The third-order valence-corrected chi connectivity index (χ3v) is 4.65. The number of pyridine rings is 1. The van der Waals surface area contributed by atoms with Crippen LogP contribution in [0.25, 0.3) is 0 Å². The van der Waals surface area contributed by atoms with E-state index < -0.39 is 0 Å². The molecule has 0 N–H and O–H groups in total. The van der Waals surface area contributed by atoms with Crippen LogP contribution >= 0.6 is 27.7 Å². The van der Waals surface area contributed by atoms with Crippen molar-refractivity contribution in [1.29, 1.82) is 0 Å². The van der Waals surface area contributed by atoms with Crippen molar-refractivity contribution in [3.05, 3.63) is 39.3 Å². The van der Waals surface area contributed by atoms with Crippen molar-refractivity contribution in [2.75, 3.05) is 0 Å². The van der Waals surface area contributed by atoms with Gasteiger partial charge in [0.15, 0.2) is 0 Å². The molecule has 0 aliphatic carbocycles. The summed E-state index contributed by atoms with van der Waals surface area (Å²) in [7, 11) is 1.97. The Balaban J connectivity index is 2.16. The second-order valence-corrected chi connectivity index (χ2v) is 6.17. The molecule has 0 atom stereocenters. The van der Waals surface area contributed by atoms with E-state index in [2.05, 4.69) is 45.1 Å². The van der Waals surface area contributed by atoms with Crippen molar-refractivity contribution in [2.45, 2.75) is 31.6 Å². The molecule has 5 heteroatoms. The molecule has 0 radical (unpaired) electrons. The molecule has 0 amide bonds. The second-order valence-electron chi connectivity index (χ2n) is 4.38. The van der Waals surface area contributed by atoms with Gasteiger partial charge in [-0.2, -0.15) is 5.10 Å². The largest absolute Gasteiger partial charge is 0.270 e. The summed E-state index contributed by atoms with van der Waals surface area (Å²) < 4.78 is 3.02. The second kappa shape index (κ2) is 5.45. The van der Waals surface area contributed by atoms with Crippen molar-refractivity contribution >= 4 is 27.7 Å². The number of thioether (sulfide) groups is 1. The highest BCUT2D eigenvalue weighted by Gasteiger charge is 2.11. The number of aromatic nitrogens is 3. The van der Waals surface area contributed by atoms with Crippen LogP contribution in [0.5, 0.6) is 0 Å². The van der Waals surface area contributed by atoms with E-state index in [0.29, 0.717) is 0 Å². The molecule has 0 saturated carbocycles. The SMILES string of the molecule is Cc1cc(C)nc(SCc2c(Br)c(C)nn2C)c1. The van der Waals surface area contributed by atoms with Crippen LogP contribution in [0.1, 0.15) is 22.6 Å². The number of nitrogens with zero attached hydrogens (tertiary/aromatic N) is 3. The van der Waals surface area contributed by atoms with E-state index in [1.807, 2.05) is 25.6 Å². The lowest BCUT2D eigenvalue weighted by Gasteiger charge is -2.05. The van der Waals surface area contributed by atoms with Crippen LogP contribution in [0.15, 0.2) is 21.6 Å². The molecule has 0 unspecified atom stereocenters. The minimum atomic E-state index is 0.869. The van der Waals surface area contributed by atoms with Gasteiger partial charge in [0, 0.05) is 18.5 Å². The average molecular weight is 326 g/mol. The fourth-order valence-electron chi connectivity index (χ4n) is 1.86. The van der Waals surface area contributed by atoms with Crippen molar-refractivity contribution in [3.8, 4) is 0 Å². The lowest BCUT2D eigenvalue weighted by molar-refractivity contribution is 0.727. The summed E-state index contributed by atoms with van der Waals surface area (Å²) in [5.74, 6) is 0.869. The van der Waals surface area contributed by atoms with E-state index in [0.717, 1.165) is 26.6 Å². The van der Waals surface area contributed by atoms with E-state index in [1.54, 1.807) is 11.8 Å². The number of rotatable bonds is 3. The molecule has 2 aromatic rings. The summed E-state index contributed by atoms with van der Waals surface area (Å²) in [5, 5.41) is 5.46. The first-order valence-electron chi connectivity index (χ1n) is 5.73. The Kier molecular flexibility index (Phi) is 4.12. The van der Waals surface area contributed by atoms with Crippen molar-refractivity contribution in [3.63, 3.8) is 0 Å². The van der Waals surface area contributed by atoms with Crippen molar-refractivity contribution < 1.29 is 0 Å². The number of halogens is 1. The smallest absolute Gasteiger partial charge is 0.0969 e. The lowest BCUT2D eigenvalue weighted by atomic mass is 10.3. The Morgan fingerprint density at radius 3 is 2.56 bits per heavy atom. The van der Waals surface area contributed by atoms with Crippen LogP contribution in [0.3, 0.4) is 0 Å². The van der Waals surface area contributed by atoms with E-state index in [9.17, 15) is 0 Å². The molecule has 96 valence electrons. The van der Waals surface area contributed by atoms with E-state index >= 15 is 0 Å². The lowest BCUT2D eigenvalue weighted by Crippen LogP contribution is -1.97. The van der Waals surface area contributed by atoms with Crippen molar-refractivity contribution in [1.82, 2.24) is 14.8 Å². The van der Waals surface area contributed by atoms with Crippen LogP contribution in [0.4, 0.5) is 0 Å². The summed E-state index contributed by atoms with van der Waals surface area (Å²) in [6, 6.07) is 4.21. The average Bonchev–Trinajstić information content (AvgIpc) is 2.50. The molecule has 2 heterocycles. The summed E-state index contributed by atoms with van der Waals surface area (Å²) in [5.41, 5.74) is 4.54. The Labute approximate surface area is 120 Å². The van der Waals surface area contributed by atoms with E-state index in [1.165, 1.54) is 11.3 Å². The third kappa shape index (κ3) is 2.95. The fraction of sp³-hybridized carbons (Fsp3) is 0.385. The quantitative estimate of drug-likeness (QED) is 0.804. The van der Waals surface area contributed by atoms with Gasteiger partial charge in [-0.15, -0.1) is 0 Å². The monoisotopic (exact) mass is 325 g/mol. The number of hydrogen-bond donors (Lipinski definition) is 0. The van der Waals surface area contributed by atoms with Crippen molar-refractivity contribution in [2.24, 2.45) is 7.05 Å². The molecule has 3 nitrogen and oxygen atoms in total. The summed E-state index contributed by atoms with van der Waals surface area (Å²) in [6.45, 7) is 6.14. The Morgan fingerprint density at radius 2 is 2.00 bits per heavy atom. The molecule has 0 aliphatic rings. The molecule has 0 saturated heterocycles. The van der Waals surface area contributed by atoms with Gasteiger partial charge in [-0.05, 0) is 54.4 Å². The number of hydrogen-bond acceptors (Lipinski definition) is 3. The molecule has 18 heavy (non-hydrogen) atoms. The first-order valence-corrected chi connectivity index (χ1v) is 7.51. The van der Waals surface area contributed by atoms with E-state index in [4.69, 9.17) is 0 Å². The maximum atomic E-state index is 4.53. The van der Waals surface area contributed by atoms with Crippen LogP contribution < -0.4 is 0 Å². The fourth-order valence-corrected chi connectivity index (χ4v) is 3.61. The van der Waals surface area contributed by atoms with Gasteiger partial charge in [-0.3, -0.25) is 4.68 Å². The van der Waals surface area contributed by atoms with Crippen LogP contribution in [0, 0.1) is 20.8 Å². The summed E-state index contributed by atoms with van der Waals surface area (Å²) in [4.78, 5) is 4.53.